The van der Waals surface area contributed by atoms with E-state index < -0.39 is 17.9 Å². The SMILES string of the molecule is NCCCn1cc(-c2ccc(OCCO/N=C(\C(=O)NC3CN(SO)C3=O)c3csc(N)n3)cc2)cn1. The van der Waals surface area contributed by atoms with Crippen LogP contribution in [0.1, 0.15) is 12.1 Å². The average Bonchev–Trinajstić information content (AvgIpc) is 3.56. The highest BCUT2D eigenvalue weighted by Crippen LogP contribution is 2.22. The van der Waals surface area contributed by atoms with Crippen molar-refractivity contribution in [3.8, 4) is 16.9 Å². The van der Waals surface area contributed by atoms with Gasteiger partial charge in [-0.1, -0.05) is 17.3 Å². The van der Waals surface area contributed by atoms with Crippen molar-refractivity contribution in [3.05, 3.63) is 47.7 Å². The second kappa shape index (κ2) is 12.5. The van der Waals surface area contributed by atoms with Gasteiger partial charge in [0.15, 0.2) is 17.5 Å². The van der Waals surface area contributed by atoms with Crippen molar-refractivity contribution in [3.63, 3.8) is 0 Å². The Morgan fingerprint density at radius 3 is 2.78 bits per heavy atom. The molecule has 0 saturated carbocycles. The Morgan fingerprint density at radius 2 is 2.11 bits per heavy atom. The third-order valence-electron chi connectivity index (χ3n) is 5.29. The molecule has 0 spiro atoms. The lowest BCUT2D eigenvalue weighted by atomic mass is 10.1. The highest BCUT2D eigenvalue weighted by molar-refractivity contribution is 7.92. The number of nitrogens with one attached hydrogen (secondary N) is 1. The molecule has 0 bridgehead atoms. The van der Waals surface area contributed by atoms with Crippen LogP contribution < -0.4 is 21.5 Å². The van der Waals surface area contributed by atoms with E-state index in [1.165, 1.54) is 0 Å². The molecule has 1 fully saturated rings. The van der Waals surface area contributed by atoms with Gasteiger partial charge in [-0.25, -0.2) is 4.98 Å². The maximum Gasteiger partial charge on any atom is 0.276 e. The van der Waals surface area contributed by atoms with Gasteiger partial charge in [-0.3, -0.25) is 18.6 Å². The van der Waals surface area contributed by atoms with Gasteiger partial charge in [-0.15, -0.1) is 11.3 Å². The number of anilines is 1. The van der Waals surface area contributed by atoms with Gasteiger partial charge in [0.25, 0.3) is 11.8 Å². The number of benzene rings is 1. The minimum absolute atomic E-state index is 0.0589. The van der Waals surface area contributed by atoms with Gasteiger partial charge in [0.05, 0.1) is 12.7 Å². The maximum atomic E-state index is 12.7. The van der Waals surface area contributed by atoms with E-state index in [1.54, 1.807) is 5.38 Å². The monoisotopic (exact) mass is 546 g/mol. The number of nitrogen functional groups attached to an aromatic ring is 1. The summed E-state index contributed by atoms with van der Waals surface area (Å²) in [6, 6.07) is 6.80. The summed E-state index contributed by atoms with van der Waals surface area (Å²) in [6.45, 7) is 1.80. The Morgan fingerprint density at radius 1 is 1.30 bits per heavy atom. The molecular weight excluding hydrogens is 520 g/mol. The lowest BCUT2D eigenvalue weighted by molar-refractivity contribution is -0.138. The largest absolute Gasteiger partial charge is 0.490 e. The van der Waals surface area contributed by atoms with E-state index in [9.17, 15) is 9.59 Å². The maximum absolute atomic E-state index is 12.7. The van der Waals surface area contributed by atoms with E-state index in [0.717, 1.165) is 39.7 Å². The minimum atomic E-state index is -0.764. The van der Waals surface area contributed by atoms with Crippen molar-refractivity contribution in [1.29, 1.82) is 0 Å². The Kier molecular flexibility index (Phi) is 8.95. The summed E-state index contributed by atoms with van der Waals surface area (Å²) < 4.78 is 17.6. The van der Waals surface area contributed by atoms with E-state index in [-0.39, 0.29) is 36.3 Å². The standard InChI is InChI=1S/C22H26N8O5S2/c23-6-1-7-29-11-15(10-25-29)14-2-4-16(5-3-14)34-8-9-35-28-19(18-13-36-22(24)27-18)20(31)26-17-12-30(37-33)21(17)32/h2-5,10-11,13,17,33H,1,6-9,12,23H2,(H2,24,27)(H,26,31)/b28-19-. The number of carbonyl (C=O) groups is 2. The average molecular weight is 547 g/mol. The fourth-order valence-electron chi connectivity index (χ4n) is 3.34. The summed E-state index contributed by atoms with van der Waals surface area (Å²) in [5.74, 6) is -0.417. The molecule has 0 radical (unpaired) electrons. The first-order valence-electron chi connectivity index (χ1n) is 11.3. The Bertz CT molecular complexity index is 1250. The zero-order valence-corrected chi connectivity index (χ0v) is 21.3. The molecule has 2 amide bonds. The minimum Gasteiger partial charge on any atom is -0.490 e. The van der Waals surface area contributed by atoms with Crippen LogP contribution in [0.5, 0.6) is 5.75 Å². The van der Waals surface area contributed by atoms with Crippen molar-refractivity contribution in [2.24, 2.45) is 10.9 Å². The number of hydrogen-bond donors (Lipinski definition) is 4. The fraction of sp³-hybridized carbons (Fsp3) is 0.318. The van der Waals surface area contributed by atoms with Crippen molar-refractivity contribution in [2.45, 2.75) is 19.0 Å². The number of nitrogens with zero attached hydrogens (tertiary/aromatic N) is 5. The normalized spacial score (nSPS) is 15.4. The summed E-state index contributed by atoms with van der Waals surface area (Å²) in [7, 11) is 0. The van der Waals surface area contributed by atoms with Crippen LogP contribution in [0.25, 0.3) is 11.1 Å². The quantitative estimate of drug-likeness (QED) is 0.0606. The molecule has 15 heteroatoms. The number of oxime groups is 1. The van der Waals surface area contributed by atoms with Crippen LogP contribution in [0.15, 0.2) is 47.2 Å². The van der Waals surface area contributed by atoms with Crippen LogP contribution >= 0.6 is 23.6 Å². The van der Waals surface area contributed by atoms with Crippen LogP contribution in [0.4, 0.5) is 5.13 Å². The Balaban J connectivity index is 1.28. The molecule has 3 heterocycles. The number of β-lactam (4-membered cyclic amide) rings is 1. The summed E-state index contributed by atoms with van der Waals surface area (Å²) in [5, 5.41) is 12.6. The molecular formula is C22H26N8O5S2. The van der Waals surface area contributed by atoms with E-state index in [0.29, 0.717) is 24.5 Å². The smallest absolute Gasteiger partial charge is 0.276 e. The van der Waals surface area contributed by atoms with Crippen LogP contribution in [-0.4, -0.2) is 73.5 Å². The summed E-state index contributed by atoms with van der Waals surface area (Å²) in [4.78, 5) is 33.9. The number of ether oxygens (including phenoxy) is 1. The second-order valence-corrected chi connectivity index (χ2v) is 9.35. The van der Waals surface area contributed by atoms with Gasteiger partial charge >= 0.3 is 0 Å². The molecule has 2 aromatic heterocycles. The number of amides is 2. The second-order valence-electron chi connectivity index (χ2n) is 7.86. The van der Waals surface area contributed by atoms with Gasteiger partial charge in [-0.2, -0.15) is 5.10 Å². The topological polar surface area (TPSA) is 183 Å². The van der Waals surface area contributed by atoms with Gasteiger partial charge in [0, 0.05) is 23.7 Å². The first-order valence-corrected chi connectivity index (χ1v) is 12.9. The molecule has 1 aliphatic heterocycles. The molecule has 13 nitrogen and oxygen atoms in total. The third kappa shape index (κ3) is 6.76. The number of carbonyl (C=O) groups excluding carboxylic acids is 2. The zero-order chi connectivity index (χ0) is 26.2. The van der Waals surface area contributed by atoms with Gasteiger partial charge in [-0.05, 0) is 30.7 Å². The first kappa shape index (κ1) is 26.4. The summed E-state index contributed by atoms with van der Waals surface area (Å²) in [6.07, 6.45) is 4.65. The van der Waals surface area contributed by atoms with Crippen molar-refractivity contribution >= 4 is 46.2 Å². The fourth-order valence-corrected chi connectivity index (χ4v) is 4.31. The van der Waals surface area contributed by atoms with E-state index in [4.69, 9.17) is 25.6 Å². The first-order chi connectivity index (χ1) is 18.0. The Hall–Kier alpha value is -3.66. The van der Waals surface area contributed by atoms with Crippen molar-refractivity contribution < 1.29 is 23.7 Å². The molecule has 1 aliphatic rings. The molecule has 4 rings (SSSR count). The van der Waals surface area contributed by atoms with Gasteiger partial charge in [0.2, 0.25) is 0 Å². The number of hydrogen-bond acceptors (Lipinski definition) is 12. The lowest BCUT2D eigenvalue weighted by Crippen LogP contribution is -2.62. The van der Waals surface area contributed by atoms with Crippen LogP contribution in [-0.2, 0) is 21.0 Å². The van der Waals surface area contributed by atoms with Crippen LogP contribution in [0.2, 0.25) is 0 Å². The molecule has 6 N–H and O–H groups in total. The number of rotatable bonds is 13. The lowest BCUT2D eigenvalue weighted by Gasteiger charge is -2.35. The Labute approximate surface area is 220 Å². The third-order valence-corrected chi connectivity index (χ3v) is 6.49. The highest BCUT2D eigenvalue weighted by atomic mass is 32.2. The van der Waals surface area contributed by atoms with E-state index >= 15 is 0 Å². The van der Waals surface area contributed by atoms with Crippen molar-refractivity contribution in [2.75, 3.05) is 32.0 Å². The van der Waals surface area contributed by atoms with Crippen LogP contribution in [0.3, 0.4) is 0 Å². The molecule has 3 aromatic rings. The summed E-state index contributed by atoms with van der Waals surface area (Å²) >= 11 is 1.45. The van der Waals surface area contributed by atoms with Gasteiger partial charge < -0.3 is 30.9 Å². The zero-order valence-electron chi connectivity index (χ0n) is 19.6. The molecule has 1 atom stereocenters. The predicted octanol–water partition coefficient (Wildman–Crippen LogP) is 1.19. The number of aromatic nitrogens is 3. The molecule has 196 valence electrons. The number of nitrogens with two attached hydrogens (primary N) is 2. The number of thiazole rings is 1. The summed E-state index contributed by atoms with van der Waals surface area (Å²) in [5.41, 5.74) is 13.3. The molecule has 37 heavy (non-hydrogen) atoms. The molecule has 1 unspecified atom stereocenters. The highest BCUT2D eigenvalue weighted by Gasteiger charge is 2.39. The number of aryl methyl sites for hydroxylation is 1. The van der Waals surface area contributed by atoms with Gasteiger partial charge in [0.1, 0.15) is 36.3 Å². The van der Waals surface area contributed by atoms with Crippen LogP contribution in [0, 0.1) is 0 Å². The molecule has 0 aliphatic carbocycles. The van der Waals surface area contributed by atoms with E-state index in [2.05, 4.69) is 20.6 Å². The predicted molar refractivity (Wildman–Crippen MR) is 140 cm³/mol. The van der Waals surface area contributed by atoms with E-state index in [1.807, 2.05) is 41.3 Å². The molecule has 1 aromatic carbocycles. The van der Waals surface area contributed by atoms with Crippen molar-refractivity contribution in [1.82, 2.24) is 24.4 Å². The molecule has 1 saturated heterocycles.